The van der Waals surface area contributed by atoms with E-state index in [1.54, 1.807) is 24.3 Å². The fraction of sp³-hybridized carbons (Fsp3) is 0.455. The van der Waals surface area contributed by atoms with Crippen molar-refractivity contribution in [3.8, 4) is 11.4 Å². The number of aromatic amines is 1. The van der Waals surface area contributed by atoms with Crippen molar-refractivity contribution in [3.05, 3.63) is 48.0 Å². The van der Waals surface area contributed by atoms with E-state index in [-0.39, 0.29) is 5.82 Å². The van der Waals surface area contributed by atoms with Crippen molar-refractivity contribution in [3.63, 3.8) is 0 Å². The molecule has 29 heavy (non-hydrogen) atoms. The molecule has 0 spiro atoms. The molecule has 1 fully saturated rings. The van der Waals surface area contributed by atoms with Crippen LogP contribution >= 0.6 is 12.1 Å². The molecule has 3 aromatic rings. The number of rotatable bonds is 5. The van der Waals surface area contributed by atoms with Gasteiger partial charge in [0, 0.05) is 29.4 Å². The minimum absolute atomic E-state index is 0.252. The fourth-order valence-electron chi connectivity index (χ4n) is 3.60. The first-order chi connectivity index (χ1) is 14.1. The van der Waals surface area contributed by atoms with E-state index in [4.69, 9.17) is 0 Å². The summed E-state index contributed by atoms with van der Waals surface area (Å²) >= 11 is 1.67. The second kappa shape index (κ2) is 10.2. The SMILES string of the molecule is CC.CN(C)SNC1CCC(c2cc3nc(-c4ccc(F)cc4)ncc3[nH]2)CC1. The number of hydrogen-bond donors (Lipinski definition) is 2. The minimum atomic E-state index is -0.252. The van der Waals surface area contributed by atoms with Gasteiger partial charge < -0.3 is 4.98 Å². The van der Waals surface area contributed by atoms with Gasteiger partial charge in [-0.25, -0.2) is 23.4 Å². The molecular formula is C22H30FN5S. The largest absolute Gasteiger partial charge is 0.356 e. The van der Waals surface area contributed by atoms with Gasteiger partial charge in [-0.2, -0.15) is 0 Å². The summed E-state index contributed by atoms with van der Waals surface area (Å²) in [6.45, 7) is 4.00. The van der Waals surface area contributed by atoms with Gasteiger partial charge in [0.15, 0.2) is 5.82 Å². The maximum Gasteiger partial charge on any atom is 0.159 e. The van der Waals surface area contributed by atoms with E-state index < -0.39 is 0 Å². The maximum atomic E-state index is 13.1. The zero-order valence-corrected chi connectivity index (χ0v) is 18.4. The molecule has 156 valence electrons. The van der Waals surface area contributed by atoms with Crippen LogP contribution in [0.2, 0.25) is 0 Å². The second-order valence-electron chi connectivity index (χ2n) is 7.29. The highest BCUT2D eigenvalue weighted by Crippen LogP contribution is 2.34. The number of nitrogens with one attached hydrogen (secondary N) is 2. The highest BCUT2D eigenvalue weighted by atomic mass is 32.2. The summed E-state index contributed by atoms with van der Waals surface area (Å²) in [6.07, 6.45) is 6.50. The molecule has 1 aliphatic rings. The summed E-state index contributed by atoms with van der Waals surface area (Å²) in [5.74, 6) is 0.912. The van der Waals surface area contributed by atoms with Crippen molar-refractivity contribution >= 4 is 23.2 Å². The molecule has 1 saturated carbocycles. The van der Waals surface area contributed by atoms with E-state index in [0.717, 1.165) is 29.4 Å². The molecule has 7 heteroatoms. The standard InChI is InChI=1S/C20H24FN5S.C2H6/c1-26(2)27-25-16-9-5-13(6-10-16)17-11-18-19(23-17)12-22-20(24-18)14-3-7-15(21)8-4-14;1-2/h3-4,7-8,11-13,16,23,25H,5-6,9-10H2,1-2H3;1-2H3. The average Bonchev–Trinajstić information content (AvgIpc) is 3.18. The number of aromatic nitrogens is 3. The third-order valence-electron chi connectivity index (χ3n) is 5.06. The van der Waals surface area contributed by atoms with Gasteiger partial charge in [0.2, 0.25) is 0 Å². The number of halogens is 1. The first kappa shape index (κ1) is 21.7. The number of benzene rings is 1. The van der Waals surface area contributed by atoms with Crippen LogP contribution < -0.4 is 4.72 Å². The quantitative estimate of drug-likeness (QED) is 0.537. The Morgan fingerprint density at radius 2 is 1.79 bits per heavy atom. The summed E-state index contributed by atoms with van der Waals surface area (Å²) < 4.78 is 18.7. The van der Waals surface area contributed by atoms with E-state index in [1.165, 1.54) is 30.7 Å². The minimum Gasteiger partial charge on any atom is -0.356 e. The molecule has 0 radical (unpaired) electrons. The van der Waals surface area contributed by atoms with E-state index in [9.17, 15) is 4.39 Å². The van der Waals surface area contributed by atoms with Crippen molar-refractivity contribution in [2.75, 3.05) is 14.1 Å². The number of fused-ring (bicyclic) bond motifs is 1. The van der Waals surface area contributed by atoms with Crippen molar-refractivity contribution in [2.24, 2.45) is 0 Å². The Balaban J connectivity index is 0.00000117. The zero-order chi connectivity index (χ0) is 20.8. The van der Waals surface area contributed by atoms with Gasteiger partial charge in [0.1, 0.15) is 5.82 Å². The molecule has 2 aromatic heterocycles. The van der Waals surface area contributed by atoms with Gasteiger partial charge in [-0.05, 0) is 76.0 Å². The normalized spacial score (nSPS) is 19.2. The Morgan fingerprint density at radius 1 is 1.10 bits per heavy atom. The highest BCUT2D eigenvalue weighted by molar-refractivity contribution is 7.95. The number of hydrogen-bond acceptors (Lipinski definition) is 5. The molecule has 0 unspecified atom stereocenters. The summed E-state index contributed by atoms with van der Waals surface area (Å²) in [5.41, 5.74) is 3.95. The van der Waals surface area contributed by atoms with Crippen LogP contribution in [0.15, 0.2) is 36.5 Å². The molecule has 4 rings (SSSR count). The Bertz CT molecular complexity index is 901. The topological polar surface area (TPSA) is 56.8 Å². The lowest BCUT2D eigenvalue weighted by Gasteiger charge is -2.28. The first-order valence-electron chi connectivity index (χ1n) is 10.3. The zero-order valence-electron chi connectivity index (χ0n) is 17.6. The average molecular weight is 416 g/mol. The van der Waals surface area contributed by atoms with Gasteiger partial charge in [0.25, 0.3) is 0 Å². The van der Waals surface area contributed by atoms with Crippen LogP contribution in [-0.4, -0.2) is 39.4 Å². The van der Waals surface area contributed by atoms with Crippen molar-refractivity contribution < 1.29 is 4.39 Å². The van der Waals surface area contributed by atoms with Gasteiger partial charge >= 0.3 is 0 Å². The third kappa shape index (κ3) is 5.56. The second-order valence-corrected chi connectivity index (χ2v) is 8.44. The third-order valence-corrected chi connectivity index (χ3v) is 5.86. The van der Waals surface area contributed by atoms with Crippen molar-refractivity contribution in [1.82, 2.24) is 24.0 Å². The maximum absolute atomic E-state index is 13.1. The molecule has 0 aliphatic heterocycles. The van der Waals surface area contributed by atoms with Crippen LogP contribution in [0.5, 0.6) is 0 Å². The summed E-state index contributed by atoms with van der Waals surface area (Å²) in [4.78, 5) is 12.6. The molecule has 0 bridgehead atoms. The lowest BCUT2D eigenvalue weighted by molar-refractivity contribution is 0.376. The Morgan fingerprint density at radius 3 is 2.45 bits per heavy atom. The molecule has 1 aliphatic carbocycles. The Hall–Kier alpha value is -1.96. The fourth-order valence-corrected chi connectivity index (χ4v) is 4.20. The molecule has 2 N–H and O–H groups in total. The molecule has 0 amide bonds. The van der Waals surface area contributed by atoms with Gasteiger partial charge in [0.05, 0.1) is 17.2 Å². The van der Waals surface area contributed by atoms with Crippen LogP contribution in [-0.2, 0) is 0 Å². The van der Waals surface area contributed by atoms with Crippen molar-refractivity contribution in [1.29, 1.82) is 0 Å². The van der Waals surface area contributed by atoms with Crippen LogP contribution in [0, 0.1) is 5.82 Å². The van der Waals surface area contributed by atoms with Crippen LogP contribution in [0.4, 0.5) is 4.39 Å². The highest BCUT2D eigenvalue weighted by Gasteiger charge is 2.24. The molecule has 0 atom stereocenters. The summed E-state index contributed by atoms with van der Waals surface area (Å²) in [5, 5.41) is 0. The predicted octanol–water partition coefficient (Wildman–Crippen LogP) is 5.53. The van der Waals surface area contributed by atoms with E-state index >= 15 is 0 Å². The summed E-state index contributed by atoms with van der Waals surface area (Å²) in [7, 11) is 4.10. The van der Waals surface area contributed by atoms with Gasteiger partial charge in [-0.3, -0.25) is 0 Å². The molecule has 1 aromatic carbocycles. The number of nitrogens with zero attached hydrogens (tertiary/aromatic N) is 3. The Labute approximate surface area is 176 Å². The molecular weight excluding hydrogens is 385 g/mol. The predicted molar refractivity (Wildman–Crippen MR) is 120 cm³/mol. The number of H-pyrrole nitrogens is 1. The molecule has 0 saturated heterocycles. The Kier molecular flexibility index (Phi) is 7.64. The molecule has 2 heterocycles. The van der Waals surface area contributed by atoms with Gasteiger partial charge in [-0.1, -0.05) is 13.8 Å². The van der Waals surface area contributed by atoms with Crippen LogP contribution in [0.1, 0.15) is 51.1 Å². The van der Waals surface area contributed by atoms with Gasteiger partial charge in [-0.15, -0.1) is 0 Å². The first-order valence-corrected chi connectivity index (χ1v) is 11.1. The molecule has 5 nitrogen and oxygen atoms in total. The smallest absolute Gasteiger partial charge is 0.159 e. The van der Waals surface area contributed by atoms with E-state index in [0.29, 0.717) is 17.8 Å². The van der Waals surface area contributed by atoms with E-state index in [2.05, 4.69) is 44.1 Å². The van der Waals surface area contributed by atoms with E-state index in [1.807, 2.05) is 20.0 Å². The van der Waals surface area contributed by atoms with Crippen LogP contribution in [0.25, 0.3) is 22.4 Å². The lowest BCUT2D eigenvalue weighted by atomic mass is 9.84. The monoisotopic (exact) mass is 415 g/mol. The van der Waals surface area contributed by atoms with Crippen LogP contribution in [0.3, 0.4) is 0 Å². The lowest BCUT2D eigenvalue weighted by Crippen LogP contribution is -2.30. The summed E-state index contributed by atoms with van der Waals surface area (Å²) in [6, 6.07) is 9.02. The van der Waals surface area contributed by atoms with Crippen molar-refractivity contribution in [2.45, 2.75) is 51.5 Å².